The fourth-order valence-electron chi connectivity index (χ4n) is 1.84. The molecule has 20 heavy (non-hydrogen) atoms. The topological polar surface area (TPSA) is 50.7 Å². The molecule has 0 heterocycles. The van der Waals surface area contributed by atoms with Crippen molar-refractivity contribution in [2.24, 2.45) is 5.92 Å². The van der Waals surface area contributed by atoms with Gasteiger partial charge < -0.3 is 19.9 Å². The van der Waals surface area contributed by atoms with Crippen LogP contribution in [-0.2, 0) is 0 Å². The third kappa shape index (κ3) is 5.02. The Morgan fingerprint density at radius 3 is 2.60 bits per heavy atom. The van der Waals surface area contributed by atoms with E-state index in [-0.39, 0.29) is 18.6 Å². The average Bonchev–Trinajstić information content (AvgIpc) is 2.49. The minimum absolute atomic E-state index is 0.115. The van der Waals surface area contributed by atoms with Crippen LogP contribution in [0.15, 0.2) is 18.2 Å². The predicted octanol–water partition coefficient (Wildman–Crippen LogP) is 2.76. The monoisotopic (exact) mass is 281 g/mol. The molecular weight excluding hydrogens is 254 g/mol. The summed E-state index contributed by atoms with van der Waals surface area (Å²) < 4.78 is 11.1. The van der Waals surface area contributed by atoms with Crippen LogP contribution in [0, 0.1) is 5.92 Å². The summed E-state index contributed by atoms with van der Waals surface area (Å²) >= 11 is 0. The van der Waals surface area contributed by atoms with Crippen LogP contribution >= 0.6 is 0 Å². The summed E-state index contributed by atoms with van der Waals surface area (Å²) in [7, 11) is 1.64. The molecule has 0 bridgehead atoms. The largest absolute Gasteiger partial charge is 0.493 e. The first kappa shape index (κ1) is 16.8. The van der Waals surface area contributed by atoms with Gasteiger partial charge >= 0.3 is 0 Å². The summed E-state index contributed by atoms with van der Waals surface area (Å²) in [6, 6.07) is 6.28. The molecule has 0 amide bonds. The molecule has 0 aliphatic carbocycles. The van der Waals surface area contributed by atoms with Crippen LogP contribution in [0.2, 0.25) is 0 Å². The number of nitrogens with one attached hydrogen (secondary N) is 1. The molecule has 0 fully saturated rings. The zero-order chi connectivity index (χ0) is 15.0. The quantitative estimate of drug-likeness (QED) is 0.731. The molecule has 1 aromatic rings. The van der Waals surface area contributed by atoms with Crippen molar-refractivity contribution in [2.45, 2.75) is 33.2 Å². The number of aliphatic hydroxyl groups is 1. The van der Waals surface area contributed by atoms with Gasteiger partial charge in [0, 0.05) is 18.6 Å². The number of hydrogen-bond donors (Lipinski definition) is 2. The van der Waals surface area contributed by atoms with Crippen molar-refractivity contribution in [3.05, 3.63) is 23.8 Å². The van der Waals surface area contributed by atoms with Crippen molar-refractivity contribution < 1.29 is 14.6 Å². The Morgan fingerprint density at radius 1 is 1.25 bits per heavy atom. The van der Waals surface area contributed by atoms with E-state index in [1.54, 1.807) is 7.11 Å². The van der Waals surface area contributed by atoms with Gasteiger partial charge in [-0.1, -0.05) is 19.9 Å². The van der Waals surface area contributed by atoms with Crippen molar-refractivity contribution in [3.8, 4) is 11.5 Å². The number of hydrogen-bond acceptors (Lipinski definition) is 4. The van der Waals surface area contributed by atoms with Crippen molar-refractivity contribution >= 4 is 0 Å². The third-order valence-electron chi connectivity index (χ3n) is 3.22. The Morgan fingerprint density at radius 2 is 2.00 bits per heavy atom. The molecule has 0 aliphatic rings. The van der Waals surface area contributed by atoms with E-state index in [0.29, 0.717) is 6.61 Å². The Bertz CT molecular complexity index is 395. The van der Waals surface area contributed by atoms with Gasteiger partial charge in [0.15, 0.2) is 11.5 Å². The van der Waals surface area contributed by atoms with Crippen LogP contribution < -0.4 is 14.8 Å². The number of methoxy groups -OCH3 is 1. The maximum Gasteiger partial charge on any atom is 0.161 e. The number of rotatable bonds is 9. The summed E-state index contributed by atoms with van der Waals surface area (Å²) in [4.78, 5) is 0. The molecule has 114 valence electrons. The first-order valence-electron chi connectivity index (χ1n) is 7.27. The van der Waals surface area contributed by atoms with Crippen LogP contribution in [0.25, 0.3) is 0 Å². The van der Waals surface area contributed by atoms with E-state index in [9.17, 15) is 0 Å². The lowest BCUT2D eigenvalue weighted by molar-refractivity contribution is 0.171. The van der Waals surface area contributed by atoms with Gasteiger partial charge in [0.05, 0.1) is 13.7 Å². The van der Waals surface area contributed by atoms with E-state index in [1.165, 1.54) is 5.56 Å². The lowest BCUT2D eigenvalue weighted by atomic mass is 10.1. The average molecular weight is 281 g/mol. The number of benzene rings is 1. The zero-order valence-corrected chi connectivity index (χ0v) is 13.0. The van der Waals surface area contributed by atoms with Gasteiger partial charge in [0.25, 0.3) is 0 Å². The smallest absolute Gasteiger partial charge is 0.161 e. The van der Waals surface area contributed by atoms with Gasteiger partial charge in [-0.15, -0.1) is 0 Å². The lowest BCUT2D eigenvalue weighted by Gasteiger charge is -2.17. The van der Waals surface area contributed by atoms with Gasteiger partial charge in [-0.2, -0.15) is 0 Å². The molecular formula is C16H27NO3. The van der Waals surface area contributed by atoms with E-state index in [1.807, 2.05) is 19.1 Å². The van der Waals surface area contributed by atoms with Crippen molar-refractivity contribution in [3.63, 3.8) is 0 Å². The molecule has 2 N–H and O–H groups in total. The van der Waals surface area contributed by atoms with Crippen LogP contribution in [0.3, 0.4) is 0 Å². The van der Waals surface area contributed by atoms with Crippen LogP contribution in [0.4, 0.5) is 0 Å². The van der Waals surface area contributed by atoms with E-state index in [4.69, 9.17) is 14.6 Å². The summed E-state index contributed by atoms with van der Waals surface area (Å²) in [5, 5.41) is 12.5. The molecule has 1 aromatic carbocycles. The highest BCUT2D eigenvalue weighted by atomic mass is 16.5. The zero-order valence-electron chi connectivity index (χ0n) is 13.0. The van der Waals surface area contributed by atoms with E-state index in [2.05, 4.69) is 25.2 Å². The summed E-state index contributed by atoms with van der Waals surface area (Å²) in [6.45, 7) is 7.83. The minimum Gasteiger partial charge on any atom is -0.493 e. The van der Waals surface area contributed by atoms with Gasteiger partial charge in [0.1, 0.15) is 0 Å². The minimum atomic E-state index is 0.115. The Balaban J connectivity index is 2.74. The molecule has 0 radical (unpaired) electrons. The number of aliphatic hydroxyl groups excluding tert-OH is 1. The molecule has 0 saturated carbocycles. The van der Waals surface area contributed by atoms with E-state index in [0.717, 1.165) is 24.5 Å². The predicted molar refractivity (Wildman–Crippen MR) is 81.4 cm³/mol. The fourth-order valence-corrected chi connectivity index (χ4v) is 1.84. The summed E-state index contributed by atoms with van der Waals surface area (Å²) in [5.74, 6) is 1.57. The third-order valence-corrected chi connectivity index (χ3v) is 3.22. The van der Waals surface area contributed by atoms with Crippen LogP contribution in [0.1, 0.15) is 38.8 Å². The normalized spacial score (nSPS) is 13.8. The highest BCUT2D eigenvalue weighted by Gasteiger charge is 2.11. The lowest BCUT2D eigenvalue weighted by Crippen LogP contribution is -2.19. The van der Waals surface area contributed by atoms with Crippen LogP contribution in [0.5, 0.6) is 11.5 Å². The Hall–Kier alpha value is -1.26. The second kappa shape index (κ2) is 8.82. The first-order valence-corrected chi connectivity index (χ1v) is 7.27. The van der Waals surface area contributed by atoms with E-state index >= 15 is 0 Å². The second-order valence-corrected chi connectivity index (χ2v) is 5.18. The molecule has 0 saturated heterocycles. The Kier molecular flexibility index (Phi) is 7.41. The fraction of sp³-hybridized carbons (Fsp3) is 0.625. The molecule has 0 aromatic heterocycles. The van der Waals surface area contributed by atoms with Crippen molar-refractivity contribution in [1.82, 2.24) is 5.32 Å². The number of ether oxygens (including phenoxy) is 2. The van der Waals surface area contributed by atoms with Gasteiger partial charge in [-0.25, -0.2) is 0 Å². The molecule has 2 unspecified atom stereocenters. The van der Waals surface area contributed by atoms with Gasteiger partial charge in [-0.05, 0) is 37.6 Å². The standard InChI is InChI=1S/C16H27NO3/c1-5-8-17-13(3)14-6-7-15(16(9-14)19-4)20-11-12(2)10-18/h6-7,9,12-13,17-18H,5,8,10-11H2,1-4H3. The molecule has 2 atom stereocenters. The SMILES string of the molecule is CCCNC(C)c1ccc(OCC(C)CO)c(OC)c1. The van der Waals surface area contributed by atoms with E-state index < -0.39 is 0 Å². The van der Waals surface area contributed by atoms with Gasteiger partial charge in [0.2, 0.25) is 0 Å². The highest BCUT2D eigenvalue weighted by Crippen LogP contribution is 2.30. The molecule has 4 nitrogen and oxygen atoms in total. The van der Waals surface area contributed by atoms with Crippen LogP contribution in [-0.4, -0.2) is 32.0 Å². The first-order chi connectivity index (χ1) is 9.62. The molecule has 0 spiro atoms. The molecule has 4 heteroatoms. The molecule has 0 aliphatic heterocycles. The van der Waals surface area contributed by atoms with Crippen molar-refractivity contribution in [1.29, 1.82) is 0 Å². The maximum absolute atomic E-state index is 9.02. The second-order valence-electron chi connectivity index (χ2n) is 5.18. The maximum atomic E-state index is 9.02. The van der Waals surface area contributed by atoms with Gasteiger partial charge in [-0.3, -0.25) is 0 Å². The summed E-state index contributed by atoms with van der Waals surface area (Å²) in [5.41, 5.74) is 1.18. The highest BCUT2D eigenvalue weighted by molar-refractivity contribution is 5.43. The van der Waals surface area contributed by atoms with Crippen molar-refractivity contribution in [2.75, 3.05) is 26.9 Å². The molecule has 1 rings (SSSR count). The summed E-state index contributed by atoms with van der Waals surface area (Å²) in [6.07, 6.45) is 1.11. The Labute approximate surface area is 122 Å².